The van der Waals surface area contributed by atoms with E-state index < -0.39 is 0 Å². The Morgan fingerprint density at radius 1 is 1.14 bits per heavy atom. The van der Waals surface area contributed by atoms with E-state index in [1.807, 2.05) is 48.6 Å². The van der Waals surface area contributed by atoms with Crippen LogP contribution in [0.2, 0.25) is 0 Å². The van der Waals surface area contributed by atoms with E-state index in [0.29, 0.717) is 5.56 Å². The van der Waals surface area contributed by atoms with Gasteiger partial charge in [-0.05, 0) is 42.8 Å². The van der Waals surface area contributed by atoms with Gasteiger partial charge in [0.25, 0.3) is 0 Å². The van der Waals surface area contributed by atoms with Gasteiger partial charge in [-0.2, -0.15) is 5.26 Å². The zero-order valence-electron chi connectivity index (χ0n) is 12.3. The normalized spacial score (nSPS) is 11.1. The molecule has 0 aliphatic carbocycles. The predicted octanol–water partition coefficient (Wildman–Crippen LogP) is 4.63. The Balaban J connectivity index is 2.38. The Labute approximate surface area is 129 Å². The molecule has 0 saturated carbocycles. The summed E-state index contributed by atoms with van der Waals surface area (Å²) in [6.45, 7) is 2.07. The molecule has 0 bridgehead atoms. The molecule has 1 N–H and O–H groups in total. The zero-order valence-corrected chi connectivity index (χ0v) is 12.3. The highest BCUT2D eigenvalue weighted by Gasteiger charge is 2.15. The summed E-state index contributed by atoms with van der Waals surface area (Å²) < 4.78 is 2.06. The van der Waals surface area contributed by atoms with Gasteiger partial charge >= 0.3 is 0 Å². The van der Waals surface area contributed by atoms with Crippen molar-refractivity contribution in [3.63, 3.8) is 0 Å². The van der Waals surface area contributed by atoms with Crippen LogP contribution in [0.15, 0.2) is 54.6 Å². The van der Waals surface area contributed by atoms with Crippen LogP contribution in [0.1, 0.15) is 24.6 Å². The summed E-state index contributed by atoms with van der Waals surface area (Å²) in [5.41, 5.74) is 3.45. The molecule has 0 aliphatic heterocycles. The van der Waals surface area contributed by atoms with Crippen LogP contribution in [-0.2, 0) is 0 Å². The summed E-state index contributed by atoms with van der Waals surface area (Å²) in [6, 6.07) is 17.2. The largest absolute Gasteiger partial charge is 0.508 e. The molecule has 0 fully saturated rings. The average molecular weight is 288 g/mol. The van der Waals surface area contributed by atoms with Crippen molar-refractivity contribution in [1.82, 2.24) is 4.57 Å². The first-order valence-corrected chi connectivity index (χ1v) is 7.25. The van der Waals surface area contributed by atoms with E-state index in [1.165, 1.54) is 0 Å². The first-order chi connectivity index (χ1) is 10.8. The second-order valence-electron chi connectivity index (χ2n) is 5.05. The molecule has 0 aliphatic rings. The molecule has 0 radical (unpaired) electrons. The maximum absolute atomic E-state index is 9.58. The molecule has 2 aromatic carbocycles. The minimum absolute atomic E-state index is 0.228. The fraction of sp³-hybridized carbons (Fsp3) is 0.105. The molecule has 1 heterocycles. The van der Waals surface area contributed by atoms with Crippen LogP contribution in [0.5, 0.6) is 5.75 Å². The van der Waals surface area contributed by atoms with E-state index in [1.54, 1.807) is 12.1 Å². The summed E-state index contributed by atoms with van der Waals surface area (Å²) in [7, 11) is 0. The molecule has 0 saturated heterocycles. The van der Waals surface area contributed by atoms with Gasteiger partial charge in [-0.1, -0.05) is 31.2 Å². The molecule has 0 spiro atoms. The number of benzene rings is 2. The summed E-state index contributed by atoms with van der Waals surface area (Å²) in [6.07, 6.45) is 4.94. The van der Waals surface area contributed by atoms with Crippen LogP contribution in [0.4, 0.5) is 0 Å². The molecular formula is C19H16N2O. The molecule has 3 nitrogen and oxygen atoms in total. The van der Waals surface area contributed by atoms with Crippen LogP contribution >= 0.6 is 0 Å². The van der Waals surface area contributed by atoms with Crippen molar-refractivity contribution in [2.45, 2.75) is 13.3 Å². The number of allylic oxidation sites excluding steroid dienone is 1. The van der Waals surface area contributed by atoms with Gasteiger partial charge in [0.05, 0.1) is 16.8 Å². The standard InChI is InChI=1S/C19H16N2O/c1-2-3-7-19-17(13-20)16-6-4-5-8-18(16)21(19)14-9-11-15(22)12-10-14/h3-12,22H,2H2,1H3/b7-3-. The Hall–Kier alpha value is -2.99. The number of hydrogen-bond donors (Lipinski definition) is 1. The molecule has 108 valence electrons. The van der Waals surface area contributed by atoms with E-state index in [0.717, 1.165) is 28.7 Å². The lowest BCUT2D eigenvalue weighted by atomic mass is 10.1. The molecule has 0 amide bonds. The fourth-order valence-electron chi connectivity index (χ4n) is 2.64. The first-order valence-electron chi connectivity index (χ1n) is 7.25. The highest BCUT2D eigenvalue weighted by Crippen LogP contribution is 2.30. The van der Waals surface area contributed by atoms with Gasteiger partial charge in [0.2, 0.25) is 0 Å². The third-order valence-electron chi connectivity index (χ3n) is 3.64. The SMILES string of the molecule is CC/C=C\c1c(C#N)c2ccccc2n1-c1ccc(O)cc1. The van der Waals surface area contributed by atoms with Gasteiger partial charge in [0.1, 0.15) is 11.8 Å². The Kier molecular flexibility index (Phi) is 3.67. The van der Waals surface area contributed by atoms with Crippen molar-refractivity contribution in [3.8, 4) is 17.5 Å². The number of nitriles is 1. The van der Waals surface area contributed by atoms with Gasteiger partial charge in [0.15, 0.2) is 0 Å². The Morgan fingerprint density at radius 2 is 1.86 bits per heavy atom. The monoisotopic (exact) mass is 288 g/mol. The molecule has 0 unspecified atom stereocenters. The number of nitrogens with zero attached hydrogens (tertiary/aromatic N) is 2. The quantitative estimate of drug-likeness (QED) is 0.763. The van der Waals surface area contributed by atoms with E-state index in [-0.39, 0.29) is 5.75 Å². The van der Waals surface area contributed by atoms with Gasteiger partial charge in [-0.15, -0.1) is 0 Å². The van der Waals surface area contributed by atoms with Gasteiger partial charge in [0, 0.05) is 11.1 Å². The number of hydrogen-bond acceptors (Lipinski definition) is 2. The lowest BCUT2D eigenvalue weighted by Crippen LogP contribution is -1.96. The minimum Gasteiger partial charge on any atom is -0.508 e. The summed E-state index contributed by atoms with van der Waals surface area (Å²) in [5, 5.41) is 20.0. The zero-order chi connectivity index (χ0) is 15.5. The molecule has 3 heteroatoms. The number of phenolic OH excluding ortho intramolecular Hbond substituents is 1. The lowest BCUT2D eigenvalue weighted by molar-refractivity contribution is 0.475. The second-order valence-corrected chi connectivity index (χ2v) is 5.05. The highest BCUT2D eigenvalue weighted by atomic mass is 16.3. The summed E-state index contributed by atoms with van der Waals surface area (Å²) in [5.74, 6) is 0.228. The first kappa shape index (κ1) is 14.0. The van der Waals surface area contributed by atoms with E-state index in [4.69, 9.17) is 0 Å². The van der Waals surface area contributed by atoms with Crippen molar-refractivity contribution in [3.05, 3.63) is 65.9 Å². The second kappa shape index (κ2) is 5.79. The number of para-hydroxylation sites is 1. The van der Waals surface area contributed by atoms with E-state index in [2.05, 4.69) is 17.6 Å². The van der Waals surface area contributed by atoms with E-state index >= 15 is 0 Å². The summed E-state index contributed by atoms with van der Waals surface area (Å²) >= 11 is 0. The van der Waals surface area contributed by atoms with Crippen molar-refractivity contribution < 1.29 is 5.11 Å². The summed E-state index contributed by atoms with van der Waals surface area (Å²) in [4.78, 5) is 0. The van der Waals surface area contributed by atoms with Crippen LogP contribution in [-0.4, -0.2) is 9.67 Å². The maximum atomic E-state index is 9.58. The number of fused-ring (bicyclic) bond motifs is 1. The lowest BCUT2D eigenvalue weighted by Gasteiger charge is -2.09. The molecule has 22 heavy (non-hydrogen) atoms. The number of phenols is 1. The molecular weight excluding hydrogens is 272 g/mol. The maximum Gasteiger partial charge on any atom is 0.115 e. The fourth-order valence-corrected chi connectivity index (χ4v) is 2.64. The highest BCUT2D eigenvalue weighted by molar-refractivity contribution is 5.92. The molecule has 3 aromatic rings. The van der Waals surface area contributed by atoms with Crippen molar-refractivity contribution >= 4 is 17.0 Å². The predicted molar refractivity (Wildman–Crippen MR) is 89.0 cm³/mol. The van der Waals surface area contributed by atoms with Gasteiger partial charge < -0.3 is 9.67 Å². The molecule has 0 atom stereocenters. The van der Waals surface area contributed by atoms with Gasteiger partial charge in [-0.3, -0.25) is 0 Å². The third kappa shape index (κ3) is 2.25. The third-order valence-corrected chi connectivity index (χ3v) is 3.64. The topological polar surface area (TPSA) is 49.0 Å². The molecule has 3 rings (SSSR count). The van der Waals surface area contributed by atoms with Crippen LogP contribution in [0.25, 0.3) is 22.7 Å². The van der Waals surface area contributed by atoms with Crippen LogP contribution < -0.4 is 0 Å². The Bertz CT molecular complexity index is 880. The smallest absolute Gasteiger partial charge is 0.115 e. The van der Waals surface area contributed by atoms with Crippen LogP contribution in [0, 0.1) is 11.3 Å². The number of rotatable bonds is 3. The Morgan fingerprint density at radius 3 is 2.55 bits per heavy atom. The number of aromatic hydroxyl groups is 1. The minimum atomic E-state index is 0.228. The molecule has 1 aromatic heterocycles. The van der Waals surface area contributed by atoms with Crippen LogP contribution in [0.3, 0.4) is 0 Å². The average Bonchev–Trinajstić information content (AvgIpc) is 2.87. The van der Waals surface area contributed by atoms with Gasteiger partial charge in [-0.25, -0.2) is 0 Å². The van der Waals surface area contributed by atoms with Crippen molar-refractivity contribution in [2.75, 3.05) is 0 Å². The van der Waals surface area contributed by atoms with Crippen molar-refractivity contribution in [1.29, 1.82) is 5.26 Å². The van der Waals surface area contributed by atoms with Crippen molar-refractivity contribution in [2.24, 2.45) is 0 Å². The number of aromatic nitrogens is 1. The van der Waals surface area contributed by atoms with E-state index in [9.17, 15) is 10.4 Å².